The van der Waals surface area contributed by atoms with E-state index < -0.39 is 0 Å². The molecule has 2 heterocycles. The molecule has 5 nitrogen and oxygen atoms in total. The van der Waals surface area contributed by atoms with Crippen molar-refractivity contribution in [1.29, 1.82) is 0 Å². The molecule has 0 aliphatic heterocycles. The predicted molar refractivity (Wildman–Crippen MR) is 106 cm³/mol. The van der Waals surface area contributed by atoms with Gasteiger partial charge >= 0.3 is 21.1 Å². The molecular weight excluding hydrogens is 531 g/mol. The van der Waals surface area contributed by atoms with Crippen LogP contribution < -0.4 is 4.74 Å². The second-order valence-corrected chi connectivity index (χ2v) is 6.13. The van der Waals surface area contributed by atoms with Crippen LogP contribution in [-0.4, -0.2) is 19.3 Å². The number of hydrogen-bond acceptors (Lipinski definition) is 3. The summed E-state index contributed by atoms with van der Waals surface area (Å²) in [6.07, 6.45) is 3.67. The van der Waals surface area contributed by atoms with Crippen LogP contribution in [0.5, 0.6) is 11.5 Å². The van der Waals surface area contributed by atoms with Gasteiger partial charge in [0.15, 0.2) is 0 Å². The van der Waals surface area contributed by atoms with Crippen molar-refractivity contribution in [3.8, 4) is 28.6 Å². The fraction of sp³-hybridized carbons (Fsp3) is 0.182. The van der Waals surface area contributed by atoms with E-state index in [2.05, 4.69) is 22.2 Å². The zero-order valence-electron chi connectivity index (χ0n) is 15.2. The molecule has 0 spiro atoms. The van der Waals surface area contributed by atoms with Gasteiger partial charge in [0.25, 0.3) is 0 Å². The van der Waals surface area contributed by atoms with Gasteiger partial charge in [0.2, 0.25) is 0 Å². The average molecular weight is 554 g/mol. The Balaban J connectivity index is 0.00000140. The van der Waals surface area contributed by atoms with Gasteiger partial charge in [-0.2, -0.15) is 11.2 Å². The van der Waals surface area contributed by atoms with Crippen LogP contribution in [0.25, 0.3) is 17.1 Å². The Morgan fingerprint density at radius 3 is 2.36 bits per heavy atom. The summed E-state index contributed by atoms with van der Waals surface area (Å²) in [6, 6.07) is 20.1. The first kappa shape index (κ1) is 21.6. The molecule has 0 unspecified atom stereocenters. The van der Waals surface area contributed by atoms with Crippen molar-refractivity contribution in [1.82, 2.24) is 19.3 Å². The summed E-state index contributed by atoms with van der Waals surface area (Å²) in [4.78, 5) is 4.36. The Morgan fingerprint density at radius 1 is 1.00 bits per heavy atom. The summed E-state index contributed by atoms with van der Waals surface area (Å²) in [5.41, 5.74) is 3.75. The van der Waals surface area contributed by atoms with Crippen molar-refractivity contribution >= 4 is 0 Å². The largest absolute Gasteiger partial charge is 2.00 e. The van der Waals surface area contributed by atoms with Crippen molar-refractivity contribution in [2.24, 2.45) is 7.05 Å². The van der Waals surface area contributed by atoms with Crippen LogP contribution in [0, 0.1) is 26.0 Å². The molecule has 0 aliphatic carbocycles. The first-order valence-electron chi connectivity index (χ1n) is 8.34. The van der Waals surface area contributed by atoms with E-state index in [1.54, 1.807) is 6.20 Å². The van der Waals surface area contributed by atoms with Crippen molar-refractivity contribution in [3.63, 3.8) is 0 Å². The standard InChI is InChI=1S/C21H18N4O.CH4.Pt/c1-15-12-16(2)25(23-15)18-7-5-9-20(14-18)26-19-8-4-6-17(13-19)21-22-10-11-24(21)3;;/h4-12H,1-3H3;1H4;/q-2;;+2. The van der Waals surface area contributed by atoms with Crippen LogP contribution in [0.1, 0.15) is 18.8 Å². The SMILES string of the molecule is C.Cc1cc(C)n(-c2[c-]c(Oc3[c-]c(-c4nccn4C)ccc3)ccc2)n1.[Pt+2]. The van der Waals surface area contributed by atoms with Crippen LogP contribution in [0.15, 0.2) is 54.9 Å². The van der Waals surface area contributed by atoms with Gasteiger partial charge in [-0.05, 0) is 25.6 Å². The third-order valence-corrected chi connectivity index (χ3v) is 4.04. The minimum Gasteiger partial charge on any atom is -0.503 e. The third-order valence-electron chi connectivity index (χ3n) is 4.04. The molecule has 0 bridgehead atoms. The maximum absolute atomic E-state index is 5.98. The Morgan fingerprint density at radius 2 is 1.71 bits per heavy atom. The predicted octanol–water partition coefficient (Wildman–Crippen LogP) is 4.92. The van der Waals surface area contributed by atoms with Gasteiger partial charge in [-0.3, -0.25) is 9.67 Å². The second kappa shape index (κ2) is 9.03. The Hall–Kier alpha value is -2.65. The van der Waals surface area contributed by atoms with Crippen LogP contribution in [0.2, 0.25) is 0 Å². The number of imidazole rings is 1. The maximum Gasteiger partial charge on any atom is 2.00 e. The molecule has 2 aromatic carbocycles. The molecule has 0 atom stereocenters. The summed E-state index contributed by atoms with van der Waals surface area (Å²) in [5, 5.41) is 4.50. The summed E-state index contributed by atoms with van der Waals surface area (Å²) in [7, 11) is 1.95. The van der Waals surface area contributed by atoms with Gasteiger partial charge in [-0.1, -0.05) is 13.5 Å². The topological polar surface area (TPSA) is 44.9 Å². The number of nitrogens with zero attached hydrogens (tertiary/aromatic N) is 4. The maximum atomic E-state index is 5.98. The van der Waals surface area contributed by atoms with E-state index in [9.17, 15) is 0 Å². The molecule has 146 valence electrons. The van der Waals surface area contributed by atoms with E-state index in [0.717, 1.165) is 28.5 Å². The minimum absolute atomic E-state index is 0. The van der Waals surface area contributed by atoms with E-state index in [-0.39, 0.29) is 28.5 Å². The van der Waals surface area contributed by atoms with Gasteiger partial charge in [0.05, 0.1) is 11.5 Å². The quantitative estimate of drug-likeness (QED) is 0.338. The van der Waals surface area contributed by atoms with E-state index in [1.165, 1.54) is 0 Å². The van der Waals surface area contributed by atoms with E-state index >= 15 is 0 Å². The molecule has 0 saturated heterocycles. The molecule has 0 amide bonds. The molecule has 0 aliphatic rings. The van der Waals surface area contributed by atoms with Crippen LogP contribution >= 0.6 is 0 Å². The molecular formula is C22H22N4OPt. The third kappa shape index (κ3) is 4.42. The molecule has 28 heavy (non-hydrogen) atoms. The monoisotopic (exact) mass is 553 g/mol. The summed E-state index contributed by atoms with van der Waals surface area (Å²) < 4.78 is 9.78. The average Bonchev–Trinajstić information content (AvgIpc) is 3.20. The van der Waals surface area contributed by atoms with Gasteiger partial charge in [-0.25, -0.2) is 0 Å². The van der Waals surface area contributed by atoms with Crippen molar-refractivity contribution in [2.75, 3.05) is 0 Å². The fourth-order valence-electron chi connectivity index (χ4n) is 2.87. The van der Waals surface area contributed by atoms with E-state index in [0.29, 0.717) is 11.5 Å². The molecule has 4 rings (SSSR count). The normalized spacial score (nSPS) is 10.1. The second-order valence-electron chi connectivity index (χ2n) is 6.13. The van der Waals surface area contributed by atoms with Gasteiger partial charge in [-0.15, -0.1) is 42.0 Å². The zero-order valence-corrected chi connectivity index (χ0v) is 17.5. The van der Waals surface area contributed by atoms with Crippen molar-refractivity contribution < 1.29 is 25.8 Å². The first-order valence-corrected chi connectivity index (χ1v) is 8.34. The van der Waals surface area contributed by atoms with E-state index in [1.807, 2.05) is 78.8 Å². The number of rotatable bonds is 4. The fourth-order valence-corrected chi connectivity index (χ4v) is 2.87. The Kier molecular flexibility index (Phi) is 6.98. The molecule has 0 saturated carbocycles. The first-order chi connectivity index (χ1) is 12.6. The Labute approximate surface area is 180 Å². The van der Waals surface area contributed by atoms with Gasteiger partial charge in [0.1, 0.15) is 0 Å². The van der Waals surface area contributed by atoms with Crippen molar-refractivity contribution in [3.05, 3.63) is 78.4 Å². The van der Waals surface area contributed by atoms with E-state index in [4.69, 9.17) is 4.74 Å². The number of aromatic nitrogens is 4. The van der Waals surface area contributed by atoms with Gasteiger partial charge < -0.3 is 9.30 Å². The molecule has 6 heteroatoms. The molecule has 4 aromatic rings. The molecule has 2 aromatic heterocycles. The Bertz CT molecular complexity index is 1070. The van der Waals surface area contributed by atoms with Crippen LogP contribution in [-0.2, 0) is 28.1 Å². The molecule has 0 fully saturated rings. The zero-order chi connectivity index (χ0) is 18.1. The molecule has 0 N–H and O–H groups in total. The van der Waals surface area contributed by atoms with Crippen LogP contribution in [0.4, 0.5) is 0 Å². The summed E-state index contributed by atoms with van der Waals surface area (Å²) >= 11 is 0. The summed E-state index contributed by atoms with van der Waals surface area (Å²) in [5.74, 6) is 2.08. The molecule has 0 radical (unpaired) electrons. The number of hydrogen-bond donors (Lipinski definition) is 0. The summed E-state index contributed by atoms with van der Waals surface area (Å²) in [6.45, 7) is 3.99. The van der Waals surface area contributed by atoms with Gasteiger partial charge in [0, 0.05) is 36.6 Å². The number of ether oxygens (including phenoxy) is 1. The van der Waals surface area contributed by atoms with Crippen molar-refractivity contribution in [2.45, 2.75) is 21.3 Å². The number of aryl methyl sites for hydroxylation is 3. The smallest absolute Gasteiger partial charge is 0.503 e. The van der Waals surface area contributed by atoms with Crippen LogP contribution in [0.3, 0.4) is 0 Å². The number of benzene rings is 2. The minimum atomic E-state index is 0.